The Morgan fingerprint density at radius 3 is 2.68 bits per heavy atom. The number of nitrogens with zero attached hydrogens (tertiary/aromatic N) is 2. The van der Waals surface area contributed by atoms with Crippen LogP contribution in [0.1, 0.15) is 5.56 Å². The summed E-state index contributed by atoms with van der Waals surface area (Å²) in [6, 6.07) is 22.1. The number of nitrogens with one attached hydrogen (secondary N) is 1. The highest BCUT2D eigenvalue weighted by Crippen LogP contribution is 2.15. The molecule has 22 heavy (non-hydrogen) atoms. The number of hydrogen-bond acceptors (Lipinski definition) is 3. The highest BCUT2D eigenvalue weighted by molar-refractivity contribution is 5.78. The number of rotatable bonds is 4. The Morgan fingerprint density at radius 1 is 1.09 bits per heavy atom. The van der Waals surface area contributed by atoms with Gasteiger partial charge in [0.15, 0.2) is 0 Å². The molecular formula is C19H15N3. The Morgan fingerprint density at radius 2 is 1.86 bits per heavy atom. The summed E-state index contributed by atoms with van der Waals surface area (Å²) in [6.45, 7) is 0. The number of fused-ring (bicyclic) bond motifs is 1. The fraction of sp³-hybridized carbons (Fsp3) is 0.0526. The Kier molecular flexibility index (Phi) is 4.12. The van der Waals surface area contributed by atoms with E-state index in [1.54, 1.807) is 6.20 Å². The van der Waals surface area contributed by atoms with Gasteiger partial charge in [0.25, 0.3) is 0 Å². The summed E-state index contributed by atoms with van der Waals surface area (Å²) in [4.78, 5) is 4.43. The number of benzene rings is 2. The van der Waals surface area contributed by atoms with Gasteiger partial charge >= 0.3 is 0 Å². The van der Waals surface area contributed by atoms with Crippen molar-refractivity contribution in [1.82, 2.24) is 4.98 Å². The molecule has 1 heterocycles. The predicted molar refractivity (Wildman–Crippen MR) is 89.2 cm³/mol. The largest absolute Gasteiger partial charge is 0.361 e. The van der Waals surface area contributed by atoms with E-state index in [4.69, 9.17) is 0 Å². The van der Waals surface area contributed by atoms with Gasteiger partial charge in [-0.25, -0.2) is 0 Å². The van der Waals surface area contributed by atoms with Gasteiger partial charge in [-0.1, -0.05) is 36.4 Å². The van der Waals surface area contributed by atoms with Crippen LogP contribution in [-0.2, 0) is 6.42 Å². The third-order valence-corrected chi connectivity index (χ3v) is 3.37. The number of hydrogen-bond donors (Lipinski definition) is 1. The maximum atomic E-state index is 9.30. The van der Waals surface area contributed by atoms with E-state index in [0.29, 0.717) is 12.0 Å². The Labute approximate surface area is 129 Å². The van der Waals surface area contributed by atoms with E-state index in [0.717, 1.165) is 22.2 Å². The molecule has 0 fully saturated rings. The van der Waals surface area contributed by atoms with Gasteiger partial charge in [-0.3, -0.25) is 4.98 Å². The molecule has 0 saturated carbocycles. The smallest absolute Gasteiger partial charge is 0.0965 e. The van der Waals surface area contributed by atoms with Crippen molar-refractivity contribution in [3.8, 4) is 6.07 Å². The van der Waals surface area contributed by atoms with Gasteiger partial charge in [-0.2, -0.15) is 5.26 Å². The molecule has 0 amide bonds. The van der Waals surface area contributed by atoms with Crippen molar-refractivity contribution >= 4 is 16.6 Å². The first kappa shape index (κ1) is 13.8. The van der Waals surface area contributed by atoms with Crippen molar-refractivity contribution in [3.63, 3.8) is 0 Å². The van der Waals surface area contributed by atoms with Gasteiger partial charge < -0.3 is 5.32 Å². The lowest BCUT2D eigenvalue weighted by Gasteiger charge is -2.04. The first-order valence-electron chi connectivity index (χ1n) is 7.09. The van der Waals surface area contributed by atoms with Crippen molar-refractivity contribution < 1.29 is 0 Å². The van der Waals surface area contributed by atoms with Crippen molar-refractivity contribution in [3.05, 3.63) is 84.2 Å². The van der Waals surface area contributed by atoms with Crippen LogP contribution in [0.3, 0.4) is 0 Å². The fourth-order valence-corrected chi connectivity index (χ4v) is 2.26. The molecular weight excluding hydrogens is 270 g/mol. The predicted octanol–water partition coefficient (Wildman–Crippen LogP) is 4.30. The highest BCUT2D eigenvalue weighted by Gasteiger charge is 2.02. The van der Waals surface area contributed by atoms with Crippen LogP contribution < -0.4 is 5.32 Å². The molecule has 3 rings (SSSR count). The van der Waals surface area contributed by atoms with E-state index < -0.39 is 0 Å². The zero-order valence-electron chi connectivity index (χ0n) is 12.0. The first-order chi connectivity index (χ1) is 10.8. The van der Waals surface area contributed by atoms with Crippen LogP contribution in [0, 0.1) is 11.3 Å². The van der Waals surface area contributed by atoms with Crippen molar-refractivity contribution in [2.24, 2.45) is 0 Å². The van der Waals surface area contributed by atoms with Crippen LogP contribution in [0.2, 0.25) is 0 Å². The molecule has 0 saturated heterocycles. The summed E-state index contributed by atoms with van der Waals surface area (Å²) >= 11 is 0. The average molecular weight is 285 g/mol. The maximum Gasteiger partial charge on any atom is 0.0965 e. The van der Waals surface area contributed by atoms with Gasteiger partial charge in [0.1, 0.15) is 0 Å². The van der Waals surface area contributed by atoms with Crippen LogP contribution in [0.4, 0.5) is 5.69 Å². The van der Waals surface area contributed by atoms with Crippen LogP contribution in [0.15, 0.2) is 78.6 Å². The molecule has 0 aliphatic rings. The molecule has 1 aromatic heterocycles. The van der Waals surface area contributed by atoms with E-state index in [9.17, 15) is 5.26 Å². The van der Waals surface area contributed by atoms with E-state index >= 15 is 0 Å². The topological polar surface area (TPSA) is 48.7 Å². The Hall–Kier alpha value is -3.12. The molecule has 0 spiro atoms. The minimum atomic E-state index is 0.564. The molecule has 0 radical (unpaired) electrons. The van der Waals surface area contributed by atoms with E-state index in [1.807, 2.05) is 60.8 Å². The summed E-state index contributed by atoms with van der Waals surface area (Å²) in [5.41, 5.74) is 3.63. The van der Waals surface area contributed by atoms with Gasteiger partial charge in [0.05, 0.1) is 11.6 Å². The van der Waals surface area contributed by atoms with Gasteiger partial charge in [-0.15, -0.1) is 0 Å². The summed E-state index contributed by atoms with van der Waals surface area (Å²) in [5.74, 6) is 0. The van der Waals surface area contributed by atoms with Crippen LogP contribution in [0.5, 0.6) is 0 Å². The molecule has 3 heteroatoms. The zero-order chi connectivity index (χ0) is 15.2. The van der Waals surface area contributed by atoms with Crippen LogP contribution >= 0.6 is 0 Å². The Balaban J connectivity index is 1.78. The lowest BCUT2D eigenvalue weighted by molar-refractivity contribution is 1.16. The number of para-hydroxylation sites is 2. The van der Waals surface area contributed by atoms with Gasteiger partial charge in [0.2, 0.25) is 0 Å². The first-order valence-corrected chi connectivity index (χ1v) is 7.09. The summed E-state index contributed by atoms with van der Waals surface area (Å²) in [5, 5.41) is 13.5. The summed E-state index contributed by atoms with van der Waals surface area (Å²) < 4.78 is 0. The minimum Gasteiger partial charge on any atom is -0.361 e. The lowest BCUT2D eigenvalue weighted by Crippen LogP contribution is -1.95. The maximum absolute atomic E-state index is 9.30. The summed E-state index contributed by atoms with van der Waals surface area (Å²) in [7, 11) is 0. The molecule has 1 N–H and O–H groups in total. The molecule has 2 aromatic carbocycles. The summed E-state index contributed by atoms with van der Waals surface area (Å²) in [6.07, 6.45) is 4.15. The third kappa shape index (κ3) is 3.31. The van der Waals surface area contributed by atoms with Crippen molar-refractivity contribution in [1.29, 1.82) is 5.26 Å². The molecule has 0 aliphatic carbocycles. The van der Waals surface area contributed by atoms with Gasteiger partial charge in [0, 0.05) is 35.5 Å². The van der Waals surface area contributed by atoms with E-state index in [1.165, 1.54) is 0 Å². The normalized spacial score (nSPS) is 11.1. The number of pyridine rings is 1. The third-order valence-electron chi connectivity index (χ3n) is 3.37. The van der Waals surface area contributed by atoms with Gasteiger partial charge in [-0.05, 0) is 29.8 Å². The number of anilines is 1. The van der Waals surface area contributed by atoms with Crippen LogP contribution in [-0.4, -0.2) is 4.98 Å². The SMILES string of the molecule is N#CC(=CNc1ccccc1)Cc1cnc2ccccc2c1. The van der Waals surface area contributed by atoms with Crippen molar-refractivity contribution in [2.75, 3.05) is 5.32 Å². The van der Waals surface area contributed by atoms with Crippen molar-refractivity contribution in [2.45, 2.75) is 6.42 Å². The second kappa shape index (κ2) is 6.55. The Bertz CT molecular complexity index is 845. The second-order valence-corrected chi connectivity index (χ2v) is 5.00. The number of allylic oxidation sites excluding steroid dienone is 1. The molecule has 3 aromatic rings. The second-order valence-electron chi connectivity index (χ2n) is 5.00. The quantitative estimate of drug-likeness (QED) is 0.727. The monoisotopic (exact) mass is 285 g/mol. The standard InChI is InChI=1S/C19H15N3/c20-12-16(14-21-18-7-2-1-3-8-18)10-15-11-17-6-4-5-9-19(17)22-13-15/h1-9,11,13-14,21H,10H2. The molecule has 106 valence electrons. The zero-order valence-corrected chi connectivity index (χ0v) is 12.0. The lowest BCUT2D eigenvalue weighted by atomic mass is 10.1. The van der Waals surface area contributed by atoms with E-state index in [-0.39, 0.29) is 0 Å². The fourth-order valence-electron chi connectivity index (χ4n) is 2.26. The average Bonchev–Trinajstić information content (AvgIpc) is 2.59. The number of aromatic nitrogens is 1. The minimum absolute atomic E-state index is 0.564. The molecule has 0 bridgehead atoms. The number of nitriles is 1. The van der Waals surface area contributed by atoms with E-state index in [2.05, 4.69) is 22.4 Å². The van der Waals surface area contributed by atoms with Crippen LogP contribution in [0.25, 0.3) is 10.9 Å². The highest BCUT2D eigenvalue weighted by atomic mass is 14.8. The molecule has 0 aliphatic heterocycles. The molecule has 0 unspecified atom stereocenters. The molecule has 3 nitrogen and oxygen atoms in total. The molecule has 0 atom stereocenters.